The SMILES string of the molecule is CC(C)=CCCCCCOC(C)(C)Cc1cccc(-c2ccccc2)c1. The molecule has 0 amide bonds. The van der Waals surface area contributed by atoms with Crippen LogP contribution < -0.4 is 0 Å². The average Bonchev–Trinajstić information content (AvgIpc) is 2.61. The third-order valence-electron chi connectivity index (χ3n) is 4.56. The molecule has 0 saturated heterocycles. The standard InChI is InChI=1S/C25H34O/c1-21(2)13-8-5-6-11-18-26-25(3,4)20-22-14-12-17-24(19-22)23-15-9-7-10-16-23/h7,9-10,12-17,19H,5-6,8,11,18,20H2,1-4H3. The van der Waals surface area contributed by atoms with Crippen LogP contribution in [0.3, 0.4) is 0 Å². The van der Waals surface area contributed by atoms with Crippen LogP contribution in [0.25, 0.3) is 11.1 Å². The lowest BCUT2D eigenvalue weighted by Gasteiger charge is -2.26. The Bertz CT molecular complexity index is 678. The highest BCUT2D eigenvalue weighted by molar-refractivity contribution is 5.63. The minimum atomic E-state index is -0.130. The van der Waals surface area contributed by atoms with E-state index in [1.54, 1.807) is 0 Å². The van der Waals surface area contributed by atoms with Crippen molar-refractivity contribution in [3.8, 4) is 11.1 Å². The number of rotatable bonds is 10. The molecule has 0 fully saturated rings. The molecule has 2 aromatic carbocycles. The molecule has 0 aliphatic carbocycles. The molecule has 26 heavy (non-hydrogen) atoms. The smallest absolute Gasteiger partial charge is 0.0666 e. The number of hydrogen-bond donors (Lipinski definition) is 0. The fourth-order valence-electron chi connectivity index (χ4n) is 3.20. The Morgan fingerprint density at radius 2 is 1.62 bits per heavy atom. The van der Waals surface area contributed by atoms with Gasteiger partial charge in [-0.1, -0.05) is 72.7 Å². The molecule has 0 unspecified atom stereocenters. The maximum atomic E-state index is 6.19. The van der Waals surface area contributed by atoms with E-state index >= 15 is 0 Å². The van der Waals surface area contributed by atoms with E-state index in [9.17, 15) is 0 Å². The van der Waals surface area contributed by atoms with Crippen molar-refractivity contribution in [3.05, 3.63) is 71.8 Å². The van der Waals surface area contributed by atoms with Crippen molar-refractivity contribution in [3.63, 3.8) is 0 Å². The lowest BCUT2D eigenvalue weighted by atomic mass is 9.95. The number of benzene rings is 2. The first-order valence-electron chi connectivity index (χ1n) is 9.88. The molecule has 0 atom stereocenters. The van der Waals surface area contributed by atoms with Gasteiger partial charge in [0.1, 0.15) is 0 Å². The molecule has 0 aromatic heterocycles. The average molecular weight is 351 g/mol. The summed E-state index contributed by atoms with van der Waals surface area (Å²) in [5.41, 5.74) is 5.16. The van der Waals surface area contributed by atoms with Crippen molar-refractivity contribution in [2.45, 2.75) is 65.4 Å². The van der Waals surface area contributed by atoms with Gasteiger partial charge in [-0.25, -0.2) is 0 Å². The van der Waals surface area contributed by atoms with Gasteiger partial charge in [-0.3, -0.25) is 0 Å². The van der Waals surface area contributed by atoms with Crippen molar-refractivity contribution < 1.29 is 4.74 Å². The van der Waals surface area contributed by atoms with Gasteiger partial charge in [-0.2, -0.15) is 0 Å². The number of unbranched alkanes of at least 4 members (excludes halogenated alkanes) is 3. The Morgan fingerprint density at radius 3 is 2.35 bits per heavy atom. The predicted octanol–water partition coefficient (Wildman–Crippen LogP) is 7.22. The Labute approximate surface area is 160 Å². The summed E-state index contributed by atoms with van der Waals surface area (Å²) in [7, 11) is 0. The van der Waals surface area contributed by atoms with E-state index in [1.807, 2.05) is 0 Å². The second kappa shape index (κ2) is 10.3. The minimum Gasteiger partial charge on any atom is -0.375 e. The topological polar surface area (TPSA) is 9.23 Å². The quantitative estimate of drug-likeness (QED) is 0.325. The summed E-state index contributed by atoms with van der Waals surface area (Å²) < 4.78 is 6.19. The van der Waals surface area contributed by atoms with E-state index in [2.05, 4.69) is 88.4 Å². The third-order valence-corrected chi connectivity index (χ3v) is 4.56. The normalized spacial score (nSPS) is 11.4. The second-order valence-corrected chi connectivity index (χ2v) is 7.98. The van der Waals surface area contributed by atoms with Gasteiger partial charge in [0.15, 0.2) is 0 Å². The van der Waals surface area contributed by atoms with E-state index in [0.29, 0.717) is 0 Å². The highest BCUT2D eigenvalue weighted by Gasteiger charge is 2.19. The van der Waals surface area contributed by atoms with Crippen LogP contribution in [-0.4, -0.2) is 12.2 Å². The van der Waals surface area contributed by atoms with Crippen molar-refractivity contribution in [1.82, 2.24) is 0 Å². The highest BCUT2D eigenvalue weighted by atomic mass is 16.5. The summed E-state index contributed by atoms with van der Waals surface area (Å²) in [4.78, 5) is 0. The van der Waals surface area contributed by atoms with Gasteiger partial charge in [-0.05, 0) is 63.6 Å². The molecule has 0 aliphatic rings. The number of ether oxygens (including phenoxy) is 1. The maximum Gasteiger partial charge on any atom is 0.0666 e. The molecule has 0 N–H and O–H groups in total. The molecule has 0 radical (unpaired) electrons. The van der Waals surface area contributed by atoms with Gasteiger partial charge in [-0.15, -0.1) is 0 Å². The molecule has 2 aromatic rings. The Hall–Kier alpha value is -1.86. The summed E-state index contributed by atoms with van der Waals surface area (Å²) >= 11 is 0. The van der Waals surface area contributed by atoms with Crippen LogP contribution in [0.5, 0.6) is 0 Å². The van der Waals surface area contributed by atoms with E-state index in [0.717, 1.165) is 19.4 Å². The van der Waals surface area contributed by atoms with Gasteiger partial charge in [0.2, 0.25) is 0 Å². The van der Waals surface area contributed by atoms with Crippen LogP contribution in [0, 0.1) is 0 Å². The predicted molar refractivity (Wildman–Crippen MR) is 114 cm³/mol. The molecule has 0 spiro atoms. The molecule has 0 heterocycles. The second-order valence-electron chi connectivity index (χ2n) is 7.98. The summed E-state index contributed by atoms with van der Waals surface area (Å²) in [5, 5.41) is 0. The summed E-state index contributed by atoms with van der Waals surface area (Å²) in [6.45, 7) is 9.58. The fourth-order valence-corrected chi connectivity index (χ4v) is 3.20. The highest BCUT2D eigenvalue weighted by Crippen LogP contribution is 2.24. The molecule has 0 aliphatic heterocycles. The zero-order valence-electron chi connectivity index (χ0n) is 16.9. The van der Waals surface area contributed by atoms with Crippen molar-refractivity contribution in [1.29, 1.82) is 0 Å². The Morgan fingerprint density at radius 1 is 0.885 bits per heavy atom. The molecular formula is C25H34O. The van der Waals surface area contributed by atoms with Crippen LogP contribution in [0.15, 0.2) is 66.2 Å². The first kappa shape index (κ1) is 20.5. The Balaban J connectivity index is 1.80. The molecule has 0 bridgehead atoms. The van der Waals surface area contributed by atoms with Crippen LogP contribution >= 0.6 is 0 Å². The molecule has 1 heteroatoms. The van der Waals surface area contributed by atoms with Gasteiger partial charge < -0.3 is 4.74 Å². The van der Waals surface area contributed by atoms with E-state index in [4.69, 9.17) is 4.74 Å². The summed E-state index contributed by atoms with van der Waals surface area (Å²) in [5.74, 6) is 0. The largest absolute Gasteiger partial charge is 0.375 e. The lowest BCUT2D eigenvalue weighted by molar-refractivity contribution is -0.0186. The molecule has 140 valence electrons. The zero-order chi connectivity index (χ0) is 18.8. The van der Waals surface area contributed by atoms with Crippen molar-refractivity contribution >= 4 is 0 Å². The minimum absolute atomic E-state index is 0.130. The molecule has 0 saturated carbocycles. The molecular weight excluding hydrogens is 316 g/mol. The number of hydrogen-bond acceptors (Lipinski definition) is 1. The van der Waals surface area contributed by atoms with Crippen LogP contribution in [0.1, 0.15) is 58.9 Å². The van der Waals surface area contributed by atoms with Crippen molar-refractivity contribution in [2.75, 3.05) is 6.61 Å². The zero-order valence-corrected chi connectivity index (χ0v) is 16.9. The van der Waals surface area contributed by atoms with Crippen LogP contribution in [0.2, 0.25) is 0 Å². The third kappa shape index (κ3) is 7.58. The summed E-state index contributed by atoms with van der Waals surface area (Å²) in [6, 6.07) is 19.4. The van der Waals surface area contributed by atoms with Gasteiger partial charge in [0.05, 0.1) is 5.60 Å². The lowest BCUT2D eigenvalue weighted by Crippen LogP contribution is -2.27. The maximum absolute atomic E-state index is 6.19. The Kier molecular flexibility index (Phi) is 8.12. The van der Waals surface area contributed by atoms with Crippen molar-refractivity contribution in [2.24, 2.45) is 0 Å². The van der Waals surface area contributed by atoms with Gasteiger partial charge in [0.25, 0.3) is 0 Å². The van der Waals surface area contributed by atoms with E-state index in [1.165, 1.54) is 41.5 Å². The monoisotopic (exact) mass is 350 g/mol. The van der Waals surface area contributed by atoms with Crippen LogP contribution in [-0.2, 0) is 11.2 Å². The fraction of sp³-hybridized carbons (Fsp3) is 0.440. The van der Waals surface area contributed by atoms with Crippen LogP contribution in [0.4, 0.5) is 0 Å². The first-order valence-corrected chi connectivity index (χ1v) is 9.88. The molecule has 2 rings (SSSR count). The first-order chi connectivity index (χ1) is 12.5. The van der Waals surface area contributed by atoms with Gasteiger partial charge >= 0.3 is 0 Å². The van der Waals surface area contributed by atoms with E-state index < -0.39 is 0 Å². The van der Waals surface area contributed by atoms with E-state index in [-0.39, 0.29) is 5.60 Å². The molecule has 1 nitrogen and oxygen atoms in total. The summed E-state index contributed by atoms with van der Waals surface area (Å²) in [6.07, 6.45) is 8.09. The number of allylic oxidation sites excluding steroid dienone is 2. The van der Waals surface area contributed by atoms with Gasteiger partial charge in [0, 0.05) is 13.0 Å².